The maximum absolute atomic E-state index is 12.4. The second-order valence-electron chi connectivity index (χ2n) is 7.63. The van der Waals surface area contributed by atoms with E-state index in [1.165, 1.54) is 21.6 Å². The van der Waals surface area contributed by atoms with Gasteiger partial charge in [-0.15, -0.1) is 11.8 Å². The Balaban J connectivity index is 1.42. The number of amides is 1. The molecule has 0 aromatic heterocycles. The standard InChI is InChI=1S/C23H29BrN2O2S/c1-16-12-22(17(2)11-21(16)24)29-15-23(27)25-19-7-9-26(10-8-19)14-18-5-4-6-20(13-18)28-3/h4-6,11-13,19H,7-10,14-15H2,1-3H3,(H,25,27). The van der Waals surface area contributed by atoms with Gasteiger partial charge >= 0.3 is 0 Å². The Morgan fingerprint density at radius 1 is 1.21 bits per heavy atom. The van der Waals surface area contributed by atoms with Gasteiger partial charge in [-0.25, -0.2) is 0 Å². The molecule has 2 aromatic carbocycles. The zero-order chi connectivity index (χ0) is 20.8. The first-order chi connectivity index (χ1) is 13.9. The summed E-state index contributed by atoms with van der Waals surface area (Å²) in [6, 6.07) is 12.8. The molecule has 0 aliphatic carbocycles. The minimum Gasteiger partial charge on any atom is -0.497 e. The van der Waals surface area contributed by atoms with Gasteiger partial charge in [-0.1, -0.05) is 28.1 Å². The predicted octanol–water partition coefficient (Wildman–Crippen LogP) is 4.95. The van der Waals surface area contributed by atoms with Crippen molar-refractivity contribution in [1.29, 1.82) is 0 Å². The number of nitrogens with zero attached hydrogens (tertiary/aromatic N) is 1. The van der Waals surface area contributed by atoms with Gasteiger partial charge in [0, 0.05) is 35.0 Å². The van der Waals surface area contributed by atoms with Crippen molar-refractivity contribution in [2.45, 2.75) is 44.2 Å². The number of aryl methyl sites for hydroxylation is 2. The van der Waals surface area contributed by atoms with E-state index in [2.05, 4.69) is 64.3 Å². The second kappa shape index (κ2) is 10.5. The Hall–Kier alpha value is -1.50. The third-order valence-corrected chi connectivity index (χ3v) is 7.32. The zero-order valence-electron chi connectivity index (χ0n) is 17.3. The van der Waals surface area contributed by atoms with Gasteiger partial charge < -0.3 is 10.1 Å². The van der Waals surface area contributed by atoms with Crippen molar-refractivity contribution in [2.75, 3.05) is 26.0 Å². The van der Waals surface area contributed by atoms with E-state index in [9.17, 15) is 4.79 Å². The van der Waals surface area contributed by atoms with Crippen molar-refractivity contribution < 1.29 is 9.53 Å². The van der Waals surface area contributed by atoms with Crippen molar-refractivity contribution >= 4 is 33.6 Å². The molecule has 2 aromatic rings. The zero-order valence-corrected chi connectivity index (χ0v) is 19.7. The molecule has 1 amide bonds. The van der Waals surface area contributed by atoms with Crippen LogP contribution in [0.3, 0.4) is 0 Å². The maximum atomic E-state index is 12.4. The average Bonchev–Trinajstić information content (AvgIpc) is 2.71. The van der Waals surface area contributed by atoms with Crippen LogP contribution in [0.5, 0.6) is 5.75 Å². The summed E-state index contributed by atoms with van der Waals surface area (Å²) in [5.41, 5.74) is 3.66. The van der Waals surface area contributed by atoms with Gasteiger partial charge in [-0.2, -0.15) is 0 Å². The predicted molar refractivity (Wildman–Crippen MR) is 124 cm³/mol. The molecular weight excluding hydrogens is 448 g/mol. The van der Waals surface area contributed by atoms with E-state index in [1.807, 2.05) is 12.1 Å². The monoisotopic (exact) mass is 476 g/mol. The summed E-state index contributed by atoms with van der Waals surface area (Å²) >= 11 is 5.18. The lowest BCUT2D eigenvalue weighted by molar-refractivity contribution is -0.119. The molecule has 1 aliphatic rings. The molecule has 1 N–H and O–H groups in total. The van der Waals surface area contributed by atoms with Crippen LogP contribution in [-0.2, 0) is 11.3 Å². The van der Waals surface area contributed by atoms with E-state index in [4.69, 9.17) is 4.74 Å². The lowest BCUT2D eigenvalue weighted by atomic mass is 10.0. The van der Waals surface area contributed by atoms with Crippen molar-refractivity contribution in [3.8, 4) is 5.75 Å². The van der Waals surface area contributed by atoms with E-state index >= 15 is 0 Å². The fourth-order valence-electron chi connectivity index (χ4n) is 3.59. The van der Waals surface area contributed by atoms with E-state index < -0.39 is 0 Å². The fraction of sp³-hybridized carbons (Fsp3) is 0.435. The molecule has 4 nitrogen and oxygen atoms in total. The number of likely N-dealkylation sites (tertiary alicyclic amines) is 1. The summed E-state index contributed by atoms with van der Waals surface area (Å²) in [4.78, 5) is 16.0. The topological polar surface area (TPSA) is 41.6 Å². The van der Waals surface area contributed by atoms with Gasteiger partial charge in [0.25, 0.3) is 0 Å². The summed E-state index contributed by atoms with van der Waals surface area (Å²) in [6.45, 7) is 7.09. The normalized spacial score (nSPS) is 15.3. The first kappa shape index (κ1) is 22.2. The van der Waals surface area contributed by atoms with Crippen LogP contribution in [0, 0.1) is 13.8 Å². The summed E-state index contributed by atoms with van der Waals surface area (Å²) < 4.78 is 6.42. The molecule has 0 radical (unpaired) electrons. The molecule has 1 aliphatic heterocycles. The first-order valence-corrected chi connectivity index (χ1v) is 11.8. The van der Waals surface area contributed by atoms with Gasteiger partial charge in [-0.05, 0) is 67.6 Å². The summed E-state index contributed by atoms with van der Waals surface area (Å²) in [7, 11) is 1.70. The number of ether oxygens (including phenoxy) is 1. The Bertz CT molecular complexity index is 851. The molecule has 0 spiro atoms. The number of methoxy groups -OCH3 is 1. The van der Waals surface area contributed by atoms with E-state index in [0.717, 1.165) is 42.7 Å². The first-order valence-electron chi connectivity index (χ1n) is 9.99. The minimum atomic E-state index is 0.126. The van der Waals surface area contributed by atoms with Gasteiger partial charge in [-0.3, -0.25) is 9.69 Å². The number of benzene rings is 2. The summed E-state index contributed by atoms with van der Waals surface area (Å²) in [6.07, 6.45) is 1.99. The molecule has 156 valence electrons. The number of thioether (sulfide) groups is 1. The highest BCUT2D eigenvalue weighted by Crippen LogP contribution is 2.28. The van der Waals surface area contributed by atoms with Gasteiger partial charge in [0.05, 0.1) is 12.9 Å². The number of hydrogen-bond donors (Lipinski definition) is 1. The van der Waals surface area contributed by atoms with Crippen molar-refractivity contribution in [3.63, 3.8) is 0 Å². The van der Waals surface area contributed by atoms with E-state index in [1.54, 1.807) is 18.9 Å². The lowest BCUT2D eigenvalue weighted by Gasteiger charge is -2.32. The van der Waals surface area contributed by atoms with Crippen molar-refractivity contribution in [2.24, 2.45) is 0 Å². The van der Waals surface area contributed by atoms with Crippen molar-refractivity contribution in [3.05, 3.63) is 57.6 Å². The highest BCUT2D eigenvalue weighted by Gasteiger charge is 2.21. The highest BCUT2D eigenvalue weighted by molar-refractivity contribution is 9.10. The molecule has 1 fully saturated rings. The second-order valence-corrected chi connectivity index (χ2v) is 9.50. The third-order valence-electron chi connectivity index (χ3n) is 5.31. The van der Waals surface area contributed by atoms with Crippen LogP contribution in [0.1, 0.15) is 29.5 Å². The molecular formula is C23H29BrN2O2S. The Labute approximate surface area is 186 Å². The Morgan fingerprint density at radius 2 is 1.97 bits per heavy atom. The lowest BCUT2D eigenvalue weighted by Crippen LogP contribution is -2.44. The molecule has 0 atom stereocenters. The number of piperidine rings is 1. The highest BCUT2D eigenvalue weighted by atomic mass is 79.9. The Morgan fingerprint density at radius 3 is 2.69 bits per heavy atom. The van der Waals surface area contributed by atoms with E-state index in [-0.39, 0.29) is 11.9 Å². The minimum absolute atomic E-state index is 0.126. The van der Waals surface area contributed by atoms with Gasteiger partial charge in [0.2, 0.25) is 5.91 Å². The third kappa shape index (κ3) is 6.49. The molecule has 29 heavy (non-hydrogen) atoms. The number of halogens is 1. The maximum Gasteiger partial charge on any atom is 0.230 e. The fourth-order valence-corrected chi connectivity index (χ4v) is 4.96. The molecule has 0 unspecified atom stereocenters. The van der Waals surface area contributed by atoms with Gasteiger partial charge in [0.1, 0.15) is 5.75 Å². The SMILES string of the molecule is COc1cccc(CN2CCC(NC(=O)CSc3cc(C)c(Br)cc3C)CC2)c1. The molecule has 1 heterocycles. The molecule has 6 heteroatoms. The molecule has 1 saturated heterocycles. The number of hydrogen-bond acceptors (Lipinski definition) is 4. The molecule has 3 rings (SSSR count). The van der Waals surface area contributed by atoms with Crippen LogP contribution in [0.15, 0.2) is 45.8 Å². The number of carbonyl (C=O) groups is 1. The van der Waals surface area contributed by atoms with Crippen LogP contribution < -0.4 is 10.1 Å². The Kier molecular flexibility index (Phi) is 8.04. The summed E-state index contributed by atoms with van der Waals surface area (Å²) in [5, 5.41) is 3.22. The van der Waals surface area contributed by atoms with Crippen molar-refractivity contribution in [1.82, 2.24) is 10.2 Å². The van der Waals surface area contributed by atoms with Crippen LogP contribution in [0.2, 0.25) is 0 Å². The molecule has 0 bridgehead atoms. The van der Waals surface area contributed by atoms with E-state index in [0.29, 0.717) is 5.75 Å². The summed E-state index contributed by atoms with van der Waals surface area (Å²) in [5.74, 6) is 1.49. The number of carbonyl (C=O) groups excluding carboxylic acids is 1. The van der Waals surface area contributed by atoms with Gasteiger partial charge in [0.15, 0.2) is 0 Å². The van der Waals surface area contributed by atoms with Crippen LogP contribution >= 0.6 is 27.7 Å². The number of rotatable bonds is 7. The van der Waals surface area contributed by atoms with Crippen LogP contribution in [0.4, 0.5) is 0 Å². The largest absolute Gasteiger partial charge is 0.497 e. The van der Waals surface area contributed by atoms with Crippen LogP contribution in [0.25, 0.3) is 0 Å². The quantitative estimate of drug-likeness (QED) is 0.574. The molecule has 0 saturated carbocycles. The number of nitrogens with one attached hydrogen (secondary N) is 1. The van der Waals surface area contributed by atoms with Crippen LogP contribution in [-0.4, -0.2) is 42.8 Å². The smallest absolute Gasteiger partial charge is 0.230 e. The average molecular weight is 477 g/mol.